The summed E-state index contributed by atoms with van der Waals surface area (Å²) in [5.41, 5.74) is 5.06. The maximum absolute atomic E-state index is 13.0. The zero-order valence-electron chi connectivity index (χ0n) is 17.1. The second kappa shape index (κ2) is 7.81. The Morgan fingerprint density at radius 3 is 2.70 bits per heavy atom. The van der Waals surface area contributed by atoms with Crippen LogP contribution in [0.25, 0.3) is 0 Å². The SMILES string of the molecule is COC(C)(C)C(=O)N1CCC[C@@H]1c1cc(Cc2ccccc2C)cc(C)n1. The average Bonchev–Trinajstić information content (AvgIpc) is 3.12. The van der Waals surface area contributed by atoms with Gasteiger partial charge in [-0.3, -0.25) is 9.78 Å². The quantitative estimate of drug-likeness (QED) is 0.789. The fourth-order valence-corrected chi connectivity index (χ4v) is 3.82. The Kier molecular flexibility index (Phi) is 5.66. The minimum atomic E-state index is -0.809. The molecule has 0 radical (unpaired) electrons. The lowest BCUT2D eigenvalue weighted by atomic mass is 9.98. The molecule has 1 atom stereocenters. The van der Waals surface area contributed by atoms with Crippen LogP contribution in [0.2, 0.25) is 0 Å². The topological polar surface area (TPSA) is 42.4 Å². The third kappa shape index (κ3) is 4.22. The molecule has 1 aliphatic rings. The molecule has 1 aliphatic heterocycles. The molecule has 0 aliphatic carbocycles. The van der Waals surface area contributed by atoms with Gasteiger partial charge in [0.05, 0.1) is 11.7 Å². The lowest BCUT2D eigenvalue weighted by Crippen LogP contribution is -2.46. The maximum Gasteiger partial charge on any atom is 0.254 e. The Bertz CT molecular complexity index is 829. The summed E-state index contributed by atoms with van der Waals surface area (Å²) in [6.45, 7) is 8.61. The zero-order chi connectivity index (χ0) is 19.6. The van der Waals surface area contributed by atoms with Crippen LogP contribution in [0.5, 0.6) is 0 Å². The molecular formula is C23H30N2O2. The van der Waals surface area contributed by atoms with Crippen LogP contribution in [-0.4, -0.2) is 35.0 Å². The smallest absolute Gasteiger partial charge is 0.254 e. The van der Waals surface area contributed by atoms with E-state index in [9.17, 15) is 4.79 Å². The Hall–Kier alpha value is -2.20. The second-order valence-corrected chi connectivity index (χ2v) is 8.02. The number of benzene rings is 1. The predicted molar refractivity (Wildman–Crippen MR) is 108 cm³/mol. The van der Waals surface area contributed by atoms with Crippen LogP contribution in [-0.2, 0) is 16.0 Å². The van der Waals surface area contributed by atoms with Gasteiger partial charge in [-0.1, -0.05) is 24.3 Å². The van der Waals surface area contributed by atoms with Crippen LogP contribution in [0.1, 0.15) is 60.8 Å². The summed E-state index contributed by atoms with van der Waals surface area (Å²) in [6.07, 6.45) is 2.83. The van der Waals surface area contributed by atoms with Crippen molar-refractivity contribution in [3.05, 3.63) is 64.5 Å². The minimum Gasteiger partial charge on any atom is -0.369 e. The molecule has 2 aromatic rings. The largest absolute Gasteiger partial charge is 0.369 e. The monoisotopic (exact) mass is 366 g/mol. The maximum atomic E-state index is 13.0. The molecule has 2 heterocycles. The van der Waals surface area contributed by atoms with E-state index in [1.54, 1.807) is 7.11 Å². The van der Waals surface area contributed by atoms with E-state index in [-0.39, 0.29) is 11.9 Å². The number of ether oxygens (including phenoxy) is 1. The first-order valence-electron chi connectivity index (χ1n) is 9.70. The first-order chi connectivity index (χ1) is 12.8. The zero-order valence-corrected chi connectivity index (χ0v) is 17.1. The Morgan fingerprint density at radius 1 is 1.26 bits per heavy atom. The number of aryl methyl sites for hydroxylation is 2. The highest BCUT2D eigenvalue weighted by Crippen LogP contribution is 2.34. The number of nitrogens with zero attached hydrogens (tertiary/aromatic N) is 2. The molecule has 0 bridgehead atoms. The highest BCUT2D eigenvalue weighted by Gasteiger charge is 2.39. The van der Waals surface area contributed by atoms with E-state index in [0.29, 0.717) is 0 Å². The third-order valence-electron chi connectivity index (χ3n) is 5.57. The number of pyridine rings is 1. The summed E-state index contributed by atoms with van der Waals surface area (Å²) in [5, 5.41) is 0. The number of hydrogen-bond acceptors (Lipinski definition) is 3. The van der Waals surface area contributed by atoms with E-state index >= 15 is 0 Å². The molecule has 0 saturated carbocycles. The minimum absolute atomic E-state index is 0.0300. The average molecular weight is 367 g/mol. The molecule has 3 rings (SSSR count). The molecule has 1 saturated heterocycles. The number of carbonyl (C=O) groups excluding carboxylic acids is 1. The normalized spacial score (nSPS) is 17.4. The molecule has 1 fully saturated rings. The van der Waals surface area contributed by atoms with Gasteiger partial charge in [0.15, 0.2) is 0 Å². The number of rotatable bonds is 5. The van der Waals surface area contributed by atoms with Crippen LogP contribution in [0.3, 0.4) is 0 Å². The van der Waals surface area contributed by atoms with Gasteiger partial charge in [0.25, 0.3) is 5.91 Å². The van der Waals surface area contributed by atoms with Crippen LogP contribution >= 0.6 is 0 Å². The summed E-state index contributed by atoms with van der Waals surface area (Å²) in [4.78, 5) is 19.7. The fourth-order valence-electron chi connectivity index (χ4n) is 3.82. The van der Waals surface area contributed by atoms with Crippen molar-refractivity contribution < 1.29 is 9.53 Å². The fraction of sp³-hybridized carbons (Fsp3) is 0.478. The summed E-state index contributed by atoms with van der Waals surface area (Å²) in [7, 11) is 1.59. The van der Waals surface area contributed by atoms with Gasteiger partial charge in [-0.25, -0.2) is 0 Å². The van der Waals surface area contributed by atoms with Gasteiger partial charge in [-0.15, -0.1) is 0 Å². The molecule has 1 aromatic carbocycles. The van der Waals surface area contributed by atoms with Gasteiger partial charge >= 0.3 is 0 Å². The van der Waals surface area contributed by atoms with Gasteiger partial charge in [0.1, 0.15) is 5.60 Å². The van der Waals surface area contributed by atoms with Crippen LogP contribution in [0, 0.1) is 13.8 Å². The molecule has 4 heteroatoms. The molecule has 0 spiro atoms. The molecule has 4 nitrogen and oxygen atoms in total. The summed E-state index contributed by atoms with van der Waals surface area (Å²) in [5.74, 6) is 0.0382. The van der Waals surface area contributed by atoms with Crippen LogP contribution in [0.15, 0.2) is 36.4 Å². The first kappa shape index (κ1) is 19.6. The van der Waals surface area contributed by atoms with Crippen LogP contribution in [0.4, 0.5) is 0 Å². The highest BCUT2D eigenvalue weighted by molar-refractivity contribution is 5.85. The van der Waals surface area contributed by atoms with Gasteiger partial charge < -0.3 is 9.64 Å². The van der Waals surface area contributed by atoms with Crippen molar-refractivity contribution >= 4 is 5.91 Å². The lowest BCUT2D eigenvalue weighted by molar-refractivity contribution is -0.152. The summed E-state index contributed by atoms with van der Waals surface area (Å²) < 4.78 is 5.42. The van der Waals surface area contributed by atoms with E-state index in [4.69, 9.17) is 9.72 Å². The molecule has 144 valence electrons. The van der Waals surface area contributed by atoms with E-state index in [1.807, 2.05) is 25.7 Å². The van der Waals surface area contributed by atoms with E-state index in [2.05, 4.69) is 43.3 Å². The van der Waals surface area contributed by atoms with E-state index in [1.165, 1.54) is 16.7 Å². The van der Waals surface area contributed by atoms with Crippen LogP contribution < -0.4 is 0 Å². The second-order valence-electron chi connectivity index (χ2n) is 8.02. The van der Waals surface area contributed by atoms with Crippen molar-refractivity contribution in [2.24, 2.45) is 0 Å². The van der Waals surface area contributed by atoms with Crippen molar-refractivity contribution in [1.29, 1.82) is 0 Å². The van der Waals surface area contributed by atoms with Crippen molar-refractivity contribution in [2.75, 3.05) is 13.7 Å². The van der Waals surface area contributed by atoms with E-state index in [0.717, 1.165) is 37.2 Å². The summed E-state index contributed by atoms with van der Waals surface area (Å²) in [6, 6.07) is 12.8. The first-order valence-corrected chi connectivity index (χ1v) is 9.70. The number of amides is 1. The predicted octanol–water partition coefficient (Wildman–Crippen LogP) is 4.38. The number of likely N-dealkylation sites (tertiary alicyclic amines) is 1. The number of carbonyl (C=O) groups is 1. The van der Waals surface area contributed by atoms with Gasteiger partial charge in [-0.2, -0.15) is 0 Å². The van der Waals surface area contributed by atoms with Gasteiger partial charge in [0.2, 0.25) is 0 Å². The Labute approximate surface area is 162 Å². The van der Waals surface area contributed by atoms with Gasteiger partial charge in [-0.05, 0) is 75.8 Å². The lowest BCUT2D eigenvalue weighted by Gasteiger charge is -2.32. The van der Waals surface area contributed by atoms with Crippen molar-refractivity contribution in [2.45, 2.75) is 58.6 Å². The standard InChI is InChI=1S/C23H30N2O2/c1-16-9-6-7-10-19(16)14-18-13-17(2)24-20(15-18)21-11-8-12-25(21)22(26)23(3,4)27-5/h6-7,9-10,13,15,21H,8,11-12,14H2,1-5H3/t21-/m1/s1. The van der Waals surface area contributed by atoms with Crippen molar-refractivity contribution in [1.82, 2.24) is 9.88 Å². The molecule has 0 N–H and O–H groups in total. The summed E-state index contributed by atoms with van der Waals surface area (Å²) >= 11 is 0. The van der Waals surface area contributed by atoms with Crippen molar-refractivity contribution in [3.8, 4) is 0 Å². The Balaban J connectivity index is 1.89. The van der Waals surface area contributed by atoms with Gasteiger partial charge in [0, 0.05) is 19.3 Å². The molecule has 0 unspecified atom stereocenters. The Morgan fingerprint density at radius 2 is 2.00 bits per heavy atom. The number of aromatic nitrogens is 1. The molecule has 1 aromatic heterocycles. The number of hydrogen-bond donors (Lipinski definition) is 0. The number of methoxy groups -OCH3 is 1. The molecular weight excluding hydrogens is 336 g/mol. The third-order valence-corrected chi connectivity index (χ3v) is 5.57. The highest BCUT2D eigenvalue weighted by atomic mass is 16.5. The van der Waals surface area contributed by atoms with E-state index < -0.39 is 5.60 Å². The van der Waals surface area contributed by atoms with Crippen molar-refractivity contribution in [3.63, 3.8) is 0 Å². The molecule has 1 amide bonds. The molecule has 27 heavy (non-hydrogen) atoms.